The Bertz CT molecular complexity index is 571. The Morgan fingerprint density at radius 1 is 1.33 bits per heavy atom. The first-order valence-electron chi connectivity index (χ1n) is 7.56. The SMILES string of the molecule is CCN(C(=O)CCC(C)N)C(C)c1cc2ccccc2o1. The second-order valence-electron chi connectivity index (χ2n) is 5.56. The van der Waals surface area contributed by atoms with Gasteiger partial charge in [-0.3, -0.25) is 4.79 Å². The lowest BCUT2D eigenvalue weighted by Crippen LogP contribution is -2.34. The van der Waals surface area contributed by atoms with Crippen LogP contribution in [-0.4, -0.2) is 23.4 Å². The molecule has 2 N–H and O–H groups in total. The van der Waals surface area contributed by atoms with Crippen molar-refractivity contribution in [3.8, 4) is 0 Å². The third kappa shape index (κ3) is 3.64. The predicted octanol–water partition coefficient (Wildman–Crippen LogP) is 3.47. The first-order valence-corrected chi connectivity index (χ1v) is 7.56. The number of furan rings is 1. The zero-order valence-corrected chi connectivity index (χ0v) is 13.0. The summed E-state index contributed by atoms with van der Waals surface area (Å²) in [5.41, 5.74) is 6.59. The number of para-hydroxylation sites is 1. The van der Waals surface area contributed by atoms with E-state index in [4.69, 9.17) is 10.2 Å². The van der Waals surface area contributed by atoms with E-state index in [0.29, 0.717) is 19.4 Å². The Kier molecular flexibility index (Phi) is 5.02. The number of nitrogens with two attached hydrogens (primary N) is 1. The van der Waals surface area contributed by atoms with Gasteiger partial charge in [-0.15, -0.1) is 0 Å². The molecule has 2 unspecified atom stereocenters. The lowest BCUT2D eigenvalue weighted by molar-refractivity contribution is -0.133. The molecule has 2 atom stereocenters. The molecular formula is C17H24N2O2. The van der Waals surface area contributed by atoms with Crippen LogP contribution >= 0.6 is 0 Å². The third-order valence-electron chi connectivity index (χ3n) is 3.80. The summed E-state index contributed by atoms with van der Waals surface area (Å²) in [6.45, 7) is 6.58. The molecule has 1 amide bonds. The molecule has 1 aromatic carbocycles. The summed E-state index contributed by atoms with van der Waals surface area (Å²) in [6.07, 6.45) is 1.19. The van der Waals surface area contributed by atoms with E-state index >= 15 is 0 Å². The van der Waals surface area contributed by atoms with E-state index in [1.54, 1.807) is 0 Å². The number of hydrogen-bond donors (Lipinski definition) is 1. The second-order valence-corrected chi connectivity index (χ2v) is 5.56. The molecule has 0 fully saturated rings. The molecule has 0 aliphatic rings. The van der Waals surface area contributed by atoms with Crippen LogP contribution in [0.1, 0.15) is 45.4 Å². The highest BCUT2D eigenvalue weighted by atomic mass is 16.3. The molecule has 0 aliphatic carbocycles. The van der Waals surface area contributed by atoms with Gasteiger partial charge in [0.15, 0.2) is 0 Å². The van der Waals surface area contributed by atoms with E-state index < -0.39 is 0 Å². The van der Waals surface area contributed by atoms with Gasteiger partial charge in [0.2, 0.25) is 5.91 Å². The van der Waals surface area contributed by atoms with Crippen molar-refractivity contribution in [3.63, 3.8) is 0 Å². The molecule has 114 valence electrons. The van der Waals surface area contributed by atoms with Crippen molar-refractivity contribution in [3.05, 3.63) is 36.1 Å². The van der Waals surface area contributed by atoms with Gasteiger partial charge in [0.25, 0.3) is 0 Å². The number of rotatable bonds is 6. The van der Waals surface area contributed by atoms with Crippen LogP contribution in [0.25, 0.3) is 11.0 Å². The van der Waals surface area contributed by atoms with E-state index in [2.05, 4.69) is 0 Å². The molecule has 0 bridgehead atoms. The number of benzene rings is 1. The molecule has 2 rings (SSSR count). The highest BCUT2D eigenvalue weighted by Crippen LogP contribution is 2.27. The maximum absolute atomic E-state index is 12.3. The minimum absolute atomic E-state index is 0.0502. The van der Waals surface area contributed by atoms with E-state index in [1.165, 1.54) is 0 Å². The van der Waals surface area contributed by atoms with Crippen LogP contribution in [0.2, 0.25) is 0 Å². The fourth-order valence-corrected chi connectivity index (χ4v) is 2.52. The van der Waals surface area contributed by atoms with E-state index in [-0.39, 0.29) is 18.0 Å². The first kappa shape index (κ1) is 15.6. The van der Waals surface area contributed by atoms with Crippen LogP contribution in [-0.2, 0) is 4.79 Å². The van der Waals surface area contributed by atoms with Crippen LogP contribution in [0.15, 0.2) is 34.7 Å². The number of nitrogens with zero attached hydrogens (tertiary/aromatic N) is 1. The molecule has 1 heterocycles. The molecule has 0 aliphatic heterocycles. The van der Waals surface area contributed by atoms with Crippen LogP contribution in [0, 0.1) is 0 Å². The topological polar surface area (TPSA) is 59.5 Å². The van der Waals surface area contributed by atoms with Crippen molar-refractivity contribution >= 4 is 16.9 Å². The van der Waals surface area contributed by atoms with Gasteiger partial charge in [-0.05, 0) is 39.3 Å². The lowest BCUT2D eigenvalue weighted by Gasteiger charge is -2.27. The van der Waals surface area contributed by atoms with Gasteiger partial charge in [0.05, 0.1) is 6.04 Å². The Hall–Kier alpha value is -1.81. The maximum atomic E-state index is 12.3. The largest absolute Gasteiger partial charge is 0.459 e. The summed E-state index contributed by atoms with van der Waals surface area (Å²) in [6, 6.07) is 9.89. The Morgan fingerprint density at radius 2 is 2.05 bits per heavy atom. The fourth-order valence-electron chi connectivity index (χ4n) is 2.52. The van der Waals surface area contributed by atoms with Gasteiger partial charge < -0.3 is 15.1 Å². The van der Waals surface area contributed by atoms with Crippen LogP contribution in [0.3, 0.4) is 0 Å². The first-order chi connectivity index (χ1) is 10.0. The smallest absolute Gasteiger partial charge is 0.223 e. The molecule has 1 aromatic heterocycles. The molecule has 21 heavy (non-hydrogen) atoms. The van der Waals surface area contributed by atoms with Crippen LogP contribution < -0.4 is 5.73 Å². The van der Waals surface area contributed by atoms with Crippen LogP contribution in [0.5, 0.6) is 0 Å². The fraction of sp³-hybridized carbons (Fsp3) is 0.471. The van der Waals surface area contributed by atoms with Gasteiger partial charge in [-0.1, -0.05) is 18.2 Å². The van der Waals surface area contributed by atoms with Gasteiger partial charge >= 0.3 is 0 Å². The number of fused-ring (bicyclic) bond motifs is 1. The molecular weight excluding hydrogens is 264 g/mol. The molecule has 4 heteroatoms. The highest BCUT2D eigenvalue weighted by molar-refractivity contribution is 5.79. The number of carbonyl (C=O) groups is 1. The van der Waals surface area contributed by atoms with Crippen LogP contribution in [0.4, 0.5) is 0 Å². The molecule has 0 saturated carbocycles. The van der Waals surface area contributed by atoms with Gasteiger partial charge in [0, 0.05) is 24.4 Å². The lowest BCUT2D eigenvalue weighted by atomic mass is 10.1. The minimum atomic E-state index is -0.0667. The van der Waals surface area contributed by atoms with Crippen molar-refractivity contribution in [2.45, 2.75) is 45.7 Å². The summed E-state index contributed by atoms with van der Waals surface area (Å²) >= 11 is 0. The normalized spacial score (nSPS) is 14.1. The molecule has 0 spiro atoms. The predicted molar refractivity (Wildman–Crippen MR) is 84.9 cm³/mol. The quantitative estimate of drug-likeness (QED) is 0.885. The number of hydrogen-bond acceptors (Lipinski definition) is 3. The molecule has 2 aromatic rings. The zero-order chi connectivity index (χ0) is 15.4. The minimum Gasteiger partial charge on any atom is -0.459 e. The third-order valence-corrected chi connectivity index (χ3v) is 3.80. The van der Waals surface area contributed by atoms with E-state index in [1.807, 2.05) is 56.0 Å². The van der Waals surface area contributed by atoms with Gasteiger partial charge in [-0.2, -0.15) is 0 Å². The van der Waals surface area contributed by atoms with Crippen molar-refractivity contribution in [2.24, 2.45) is 5.73 Å². The van der Waals surface area contributed by atoms with Crippen molar-refractivity contribution < 1.29 is 9.21 Å². The monoisotopic (exact) mass is 288 g/mol. The number of amides is 1. The average molecular weight is 288 g/mol. The Morgan fingerprint density at radius 3 is 2.67 bits per heavy atom. The van der Waals surface area contributed by atoms with E-state index in [0.717, 1.165) is 16.7 Å². The number of carbonyl (C=O) groups excluding carboxylic acids is 1. The average Bonchev–Trinajstić information content (AvgIpc) is 2.89. The summed E-state index contributed by atoms with van der Waals surface area (Å²) in [4.78, 5) is 14.2. The molecule has 0 radical (unpaired) electrons. The van der Waals surface area contributed by atoms with Crippen molar-refractivity contribution in [1.29, 1.82) is 0 Å². The summed E-state index contributed by atoms with van der Waals surface area (Å²) in [5, 5.41) is 1.07. The van der Waals surface area contributed by atoms with Crippen molar-refractivity contribution in [1.82, 2.24) is 4.90 Å². The Balaban J connectivity index is 2.15. The highest BCUT2D eigenvalue weighted by Gasteiger charge is 2.22. The molecule has 0 saturated heterocycles. The summed E-state index contributed by atoms with van der Waals surface area (Å²) in [7, 11) is 0. The summed E-state index contributed by atoms with van der Waals surface area (Å²) in [5.74, 6) is 0.954. The van der Waals surface area contributed by atoms with E-state index in [9.17, 15) is 4.79 Å². The maximum Gasteiger partial charge on any atom is 0.223 e. The van der Waals surface area contributed by atoms with Crippen molar-refractivity contribution in [2.75, 3.05) is 6.54 Å². The standard InChI is InChI=1S/C17H24N2O2/c1-4-19(17(20)10-9-12(2)18)13(3)16-11-14-7-5-6-8-15(14)21-16/h5-8,11-13H,4,9-10,18H2,1-3H3. The van der Waals surface area contributed by atoms with Gasteiger partial charge in [0.1, 0.15) is 11.3 Å². The molecule has 4 nitrogen and oxygen atoms in total. The Labute approximate surface area is 125 Å². The second kappa shape index (κ2) is 6.76. The summed E-state index contributed by atoms with van der Waals surface area (Å²) < 4.78 is 5.87. The van der Waals surface area contributed by atoms with Gasteiger partial charge in [-0.25, -0.2) is 0 Å². The zero-order valence-electron chi connectivity index (χ0n) is 13.0.